The average molecular weight is 353 g/mol. The molecule has 2 aromatic rings. The van der Waals surface area contributed by atoms with Gasteiger partial charge in [-0.25, -0.2) is 4.98 Å². The maximum atomic E-state index is 4.80. The minimum Gasteiger partial charge on any atom is -0.307 e. The van der Waals surface area contributed by atoms with E-state index in [-0.39, 0.29) is 5.54 Å². The number of benzene rings is 1. The second-order valence-electron chi connectivity index (χ2n) is 5.86. The van der Waals surface area contributed by atoms with Crippen molar-refractivity contribution in [3.05, 3.63) is 39.3 Å². The van der Waals surface area contributed by atoms with Gasteiger partial charge in [-0.15, -0.1) is 11.3 Å². The number of nitrogens with zero attached hydrogens (tertiary/aromatic N) is 1. The fraction of sp³-hybridized carbons (Fsp3) is 0.438. The minimum atomic E-state index is 0.130. The van der Waals surface area contributed by atoms with Gasteiger partial charge in [0.25, 0.3) is 0 Å². The van der Waals surface area contributed by atoms with Crippen LogP contribution in [0.15, 0.2) is 28.7 Å². The Bertz CT molecular complexity index is 584. The molecule has 4 heteroatoms. The van der Waals surface area contributed by atoms with Crippen LogP contribution >= 0.6 is 27.3 Å². The van der Waals surface area contributed by atoms with Gasteiger partial charge in [0.05, 0.1) is 5.69 Å². The van der Waals surface area contributed by atoms with Crippen LogP contribution in [0.3, 0.4) is 0 Å². The highest BCUT2D eigenvalue weighted by molar-refractivity contribution is 9.10. The Morgan fingerprint density at radius 3 is 2.65 bits per heavy atom. The van der Waals surface area contributed by atoms with Gasteiger partial charge in [0, 0.05) is 27.0 Å². The van der Waals surface area contributed by atoms with Gasteiger partial charge in [0.1, 0.15) is 5.01 Å². The van der Waals surface area contributed by atoms with Crippen LogP contribution in [0.25, 0.3) is 10.6 Å². The van der Waals surface area contributed by atoms with Crippen molar-refractivity contribution in [3.63, 3.8) is 0 Å². The summed E-state index contributed by atoms with van der Waals surface area (Å²) in [7, 11) is 0. The molecule has 0 atom stereocenters. The van der Waals surface area contributed by atoms with Crippen LogP contribution in [-0.2, 0) is 13.0 Å². The zero-order valence-electron chi connectivity index (χ0n) is 12.5. The number of halogens is 1. The van der Waals surface area contributed by atoms with Crippen molar-refractivity contribution in [2.45, 2.75) is 46.2 Å². The predicted octanol–water partition coefficient (Wildman–Crippen LogP) is 5.02. The first-order valence-electron chi connectivity index (χ1n) is 6.88. The van der Waals surface area contributed by atoms with Gasteiger partial charge in [0.15, 0.2) is 0 Å². The monoisotopic (exact) mass is 352 g/mol. The summed E-state index contributed by atoms with van der Waals surface area (Å²) in [6, 6.07) is 8.34. The van der Waals surface area contributed by atoms with E-state index < -0.39 is 0 Å². The number of aryl methyl sites for hydroxylation is 1. The topological polar surface area (TPSA) is 24.9 Å². The van der Waals surface area contributed by atoms with Gasteiger partial charge in [-0.2, -0.15) is 0 Å². The van der Waals surface area contributed by atoms with Gasteiger partial charge >= 0.3 is 0 Å². The van der Waals surface area contributed by atoms with Gasteiger partial charge < -0.3 is 5.32 Å². The SMILES string of the molecule is CCc1nc(-c2cccc(Br)c2)sc1CNC(C)(C)C. The van der Waals surface area contributed by atoms with Crippen LogP contribution in [-0.4, -0.2) is 10.5 Å². The molecule has 2 nitrogen and oxygen atoms in total. The highest BCUT2D eigenvalue weighted by Crippen LogP contribution is 2.30. The third-order valence-electron chi connectivity index (χ3n) is 2.96. The standard InChI is InChI=1S/C16H21BrN2S/c1-5-13-14(10-18-16(2,3)4)20-15(19-13)11-7-6-8-12(17)9-11/h6-9,18H,5,10H2,1-4H3. The van der Waals surface area contributed by atoms with Crippen molar-refractivity contribution in [1.82, 2.24) is 10.3 Å². The first kappa shape index (κ1) is 15.7. The summed E-state index contributed by atoms with van der Waals surface area (Å²) >= 11 is 5.32. The molecule has 0 saturated heterocycles. The molecular formula is C16H21BrN2S. The van der Waals surface area contributed by atoms with E-state index in [1.165, 1.54) is 16.1 Å². The van der Waals surface area contributed by atoms with Crippen LogP contribution in [0, 0.1) is 0 Å². The molecule has 1 aromatic carbocycles. The fourth-order valence-electron chi connectivity index (χ4n) is 1.89. The lowest BCUT2D eigenvalue weighted by molar-refractivity contribution is 0.425. The maximum absolute atomic E-state index is 4.80. The Morgan fingerprint density at radius 1 is 1.30 bits per heavy atom. The minimum absolute atomic E-state index is 0.130. The van der Waals surface area contributed by atoms with Crippen LogP contribution in [0.2, 0.25) is 0 Å². The molecule has 0 unspecified atom stereocenters. The van der Waals surface area contributed by atoms with Crippen LogP contribution < -0.4 is 5.32 Å². The Hall–Kier alpha value is -0.710. The quantitative estimate of drug-likeness (QED) is 0.835. The van der Waals surface area contributed by atoms with Gasteiger partial charge in [-0.05, 0) is 39.3 Å². The predicted molar refractivity (Wildman–Crippen MR) is 91.2 cm³/mol. The second kappa shape index (κ2) is 6.37. The highest BCUT2D eigenvalue weighted by atomic mass is 79.9. The van der Waals surface area contributed by atoms with E-state index in [4.69, 9.17) is 4.98 Å². The second-order valence-corrected chi connectivity index (χ2v) is 7.86. The molecule has 0 radical (unpaired) electrons. The van der Waals surface area contributed by atoms with Crippen molar-refractivity contribution in [2.24, 2.45) is 0 Å². The number of rotatable bonds is 4. The summed E-state index contributed by atoms with van der Waals surface area (Å²) in [5.74, 6) is 0. The van der Waals surface area contributed by atoms with Crippen LogP contribution in [0.5, 0.6) is 0 Å². The molecule has 0 amide bonds. The van der Waals surface area contributed by atoms with Crippen molar-refractivity contribution in [2.75, 3.05) is 0 Å². The molecule has 20 heavy (non-hydrogen) atoms. The first-order chi connectivity index (χ1) is 9.39. The molecule has 0 saturated carbocycles. The summed E-state index contributed by atoms with van der Waals surface area (Å²) in [6.45, 7) is 9.62. The molecule has 1 heterocycles. The van der Waals surface area contributed by atoms with E-state index in [0.29, 0.717) is 0 Å². The van der Waals surface area contributed by atoms with Gasteiger partial charge in [-0.1, -0.05) is 35.0 Å². The molecule has 0 aliphatic carbocycles. The number of hydrogen-bond acceptors (Lipinski definition) is 3. The van der Waals surface area contributed by atoms with E-state index in [9.17, 15) is 0 Å². The molecule has 1 aromatic heterocycles. The number of nitrogens with one attached hydrogen (secondary N) is 1. The Kier molecular flexibility index (Phi) is 4.99. The Labute approximate surface area is 133 Å². The largest absolute Gasteiger partial charge is 0.307 e. The summed E-state index contributed by atoms with van der Waals surface area (Å²) in [5, 5.41) is 4.66. The normalized spacial score (nSPS) is 11.8. The van der Waals surface area contributed by atoms with Gasteiger partial charge in [-0.3, -0.25) is 0 Å². The fourth-order valence-corrected chi connectivity index (χ4v) is 3.37. The molecule has 108 valence electrons. The number of aromatic nitrogens is 1. The van der Waals surface area contributed by atoms with Crippen molar-refractivity contribution >= 4 is 27.3 Å². The lowest BCUT2D eigenvalue weighted by Gasteiger charge is -2.20. The molecule has 0 aliphatic heterocycles. The van der Waals surface area contributed by atoms with E-state index in [0.717, 1.165) is 22.4 Å². The van der Waals surface area contributed by atoms with E-state index in [1.807, 2.05) is 6.07 Å². The van der Waals surface area contributed by atoms with Crippen LogP contribution in [0.4, 0.5) is 0 Å². The molecule has 0 fully saturated rings. The summed E-state index contributed by atoms with van der Waals surface area (Å²) in [5.41, 5.74) is 2.52. The summed E-state index contributed by atoms with van der Waals surface area (Å²) < 4.78 is 1.10. The van der Waals surface area contributed by atoms with E-state index in [1.54, 1.807) is 11.3 Å². The molecule has 0 spiro atoms. The number of hydrogen-bond donors (Lipinski definition) is 1. The summed E-state index contributed by atoms with van der Waals surface area (Å²) in [6.07, 6.45) is 0.978. The molecule has 1 N–H and O–H groups in total. The van der Waals surface area contributed by atoms with Crippen molar-refractivity contribution in [3.8, 4) is 10.6 Å². The third kappa shape index (κ3) is 4.14. The van der Waals surface area contributed by atoms with E-state index >= 15 is 0 Å². The Balaban J connectivity index is 2.26. The zero-order chi connectivity index (χ0) is 14.8. The lowest BCUT2D eigenvalue weighted by Crippen LogP contribution is -2.35. The van der Waals surface area contributed by atoms with E-state index in [2.05, 4.69) is 67.1 Å². The lowest BCUT2D eigenvalue weighted by atomic mass is 10.1. The first-order valence-corrected chi connectivity index (χ1v) is 8.49. The van der Waals surface area contributed by atoms with Crippen molar-refractivity contribution in [1.29, 1.82) is 0 Å². The van der Waals surface area contributed by atoms with Crippen LogP contribution in [0.1, 0.15) is 38.3 Å². The summed E-state index contributed by atoms with van der Waals surface area (Å²) in [4.78, 5) is 6.14. The maximum Gasteiger partial charge on any atom is 0.123 e. The molecule has 0 aliphatic rings. The average Bonchev–Trinajstić information content (AvgIpc) is 2.79. The smallest absolute Gasteiger partial charge is 0.123 e. The zero-order valence-corrected chi connectivity index (χ0v) is 14.9. The van der Waals surface area contributed by atoms with Gasteiger partial charge in [0.2, 0.25) is 0 Å². The molecular weight excluding hydrogens is 332 g/mol. The number of thiazole rings is 1. The van der Waals surface area contributed by atoms with Crippen molar-refractivity contribution < 1.29 is 0 Å². The Morgan fingerprint density at radius 2 is 2.05 bits per heavy atom. The molecule has 2 rings (SSSR count). The third-order valence-corrected chi connectivity index (χ3v) is 4.60. The highest BCUT2D eigenvalue weighted by Gasteiger charge is 2.14. The molecule has 0 bridgehead atoms.